The van der Waals surface area contributed by atoms with Crippen molar-refractivity contribution >= 4 is 21.6 Å². The van der Waals surface area contributed by atoms with Gasteiger partial charge in [-0.2, -0.15) is 0 Å². The summed E-state index contributed by atoms with van der Waals surface area (Å²) >= 11 is 2.80. The number of halogens is 1. The number of benzene rings is 1. The quantitative estimate of drug-likeness (QED) is 0.749. The summed E-state index contributed by atoms with van der Waals surface area (Å²) in [6, 6.07) is -7.44. The van der Waals surface area contributed by atoms with Crippen LogP contribution in [0.15, 0.2) is 28.6 Å². The number of anilines is 1. The highest BCUT2D eigenvalue weighted by molar-refractivity contribution is 9.10. The molecule has 0 radical (unpaired) electrons. The van der Waals surface area contributed by atoms with E-state index in [9.17, 15) is 0 Å². The number of rotatable bonds is 1. The molecule has 0 aromatic heterocycles. The largest absolute Gasteiger partial charge is 0.368 e. The fourth-order valence-electron chi connectivity index (χ4n) is 0.899. The van der Waals surface area contributed by atoms with Gasteiger partial charge in [-0.15, -0.1) is 0 Å². The van der Waals surface area contributed by atoms with E-state index >= 15 is 0 Å². The van der Waals surface area contributed by atoms with E-state index in [4.69, 9.17) is 21.9 Å². The predicted molar refractivity (Wildman–Crippen MR) is 64.8 cm³/mol. The van der Waals surface area contributed by atoms with Crippen LogP contribution in [-0.2, 0) is 0 Å². The Morgan fingerprint density at radius 3 is 3.36 bits per heavy atom. The number of para-hydroxylation sites is 1. The first-order valence-corrected chi connectivity index (χ1v) is 4.40. The molecule has 1 fully saturated rings. The number of piperidine rings is 1. The fraction of sp³-hybridized carbons (Fsp3) is 0.500. The maximum Gasteiger partial charge on any atom is 0.0645 e. The molecular formula is C12H16BrN. The second kappa shape index (κ2) is 4.35. The van der Waals surface area contributed by atoms with Crippen molar-refractivity contribution in [1.29, 1.82) is 0 Å². The van der Waals surface area contributed by atoms with Crippen molar-refractivity contribution in [3.05, 3.63) is 28.6 Å². The minimum Gasteiger partial charge on any atom is -0.368 e. The average Bonchev–Trinajstić information content (AvgIpc) is 2.58. The molecule has 1 heterocycles. The Balaban J connectivity index is 3.17. The molecular weight excluding hydrogens is 238 g/mol. The summed E-state index contributed by atoms with van der Waals surface area (Å²) in [6.45, 7) is -7.53. The minimum atomic E-state index is -3.88. The number of nitrogens with zero attached hydrogens (tertiary/aromatic N) is 1. The molecule has 0 spiro atoms. The molecule has 1 aliphatic heterocycles. The molecule has 1 atom stereocenters. The highest BCUT2D eigenvalue weighted by atomic mass is 79.9. The smallest absolute Gasteiger partial charge is 0.0645 e. The lowest BCUT2D eigenvalue weighted by atomic mass is 10.0. The summed E-state index contributed by atoms with van der Waals surface area (Å²) in [5, 5.41) is 0. The highest BCUT2D eigenvalue weighted by Gasteiger charge is 2.19. The van der Waals surface area contributed by atoms with Crippen molar-refractivity contribution < 1.29 is 21.9 Å². The van der Waals surface area contributed by atoms with Gasteiger partial charge < -0.3 is 4.90 Å². The molecule has 1 unspecified atom stereocenters. The molecule has 0 amide bonds. The van der Waals surface area contributed by atoms with E-state index in [1.165, 1.54) is 0 Å². The number of hydrogen-bond donors (Lipinski definition) is 0. The molecule has 1 nitrogen and oxygen atoms in total. The van der Waals surface area contributed by atoms with Gasteiger partial charge in [-0.1, -0.05) is 12.1 Å². The summed E-state index contributed by atoms with van der Waals surface area (Å²) in [7, 11) is 0. The normalized spacial score (nSPS) is 59.6. The molecule has 2 rings (SSSR count). The molecule has 0 bridgehead atoms. The van der Waals surface area contributed by atoms with Crippen LogP contribution >= 0.6 is 15.9 Å². The zero-order valence-corrected chi connectivity index (χ0v) is 8.41. The fourth-order valence-corrected chi connectivity index (χ4v) is 1.27. The Morgan fingerprint density at radius 1 is 1.64 bits per heavy atom. The van der Waals surface area contributed by atoms with Crippen molar-refractivity contribution in [1.82, 2.24) is 0 Å². The van der Waals surface area contributed by atoms with E-state index in [2.05, 4.69) is 15.9 Å². The zero-order chi connectivity index (χ0) is 24.0. The Labute approximate surface area is 117 Å². The standard InChI is InChI=1S/C12H16BrN/c1-10-6-4-5-9-14(10)12-8-3-2-7-11(12)13/h2-3,7-8,10H,4-6,9H2,1H3/i1D3,2D,3D,4D2,5D2,6D2,7D,8D,9D2,10D. The molecule has 1 saturated heterocycles. The summed E-state index contributed by atoms with van der Waals surface area (Å²) in [5.41, 5.74) is -1.01. The van der Waals surface area contributed by atoms with E-state index in [0.29, 0.717) is 0 Å². The van der Waals surface area contributed by atoms with Gasteiger partial charge in [-0.3, -0.25) is 0 Å². The van der Waals surface area contributed by atoms with Crippen molar-refractivity contribution in [3.63, 3.8) is 0 Å². The lowest BCUT2D eigenvalue weighted by Crippen LogP contribution is -2.37. The topological polar surface area (TPSA) is 3.24 Å². The third-order valence-electron chi connectivity index (χ3n) is 1.48. The summed E-state index contributed by atoms with van der Waals surface area (Å²) in [6.07, 6.45) is -11.5. The highest BCUT2D eigenvalue weighted by Crippen LogP contribution is 2.30. The van der Waals surface area contributed by atoms with Crippen molar-refractivity contribution in [2.45, 2.75) is 32.0 Å². The first-order chi connectivity index (χ1) is 13.0. The van der Waals surface area contributed by atoms with Gasteiger partial charge in [0.1, 0.15) is 0 Å². The minimum absolute atomic E-state index is 0.226. The van der Waals surface area contributed by atoms with Crippen LogP contribution in [0.3, 0.4) is 0 Å². The SMILES string of the molecule is [2H]c1c([2H])c([2H])c(N2C([2H])([2H])C([2H])([2H])C([2H])([2H])C([2H])([2H])C2([2H])C([2H])([2H])[2H])c(Br)c1[2H]. The van der Waals surface area contributed by atoms with Gasteiger partial charge in [-0.05, 0) is 54.0 Å². The van der Waals surface area contributed by atoms with E-state index in [1.807, 2.05) is 0 Å². The molecule has 0 aliphatic carbocycles. The third kappa shape index (κ3) is 1.95. The van der Waals surface area contributed by atoms with Gasteiger partial charge in [0.2, 0.25) is 0 Å². The van der Waals surface area contributed by atoms with E-state index < -0.39 is 72.8 Å². The van der Waals surface area contributed by atoms with E-state index in [-0.39, 0.29) is 4.90 Å². The Bertz CT molecular complexity index is 862. The van der Waals surface area contributed by atoms with Crippen molar-refractivity contribution in [2.24, 2.45) is 0 Å². The van der Waals surface area contributed by atoms with Crippen LogP contribution in [0.2, 0.25) is 0 Å². The van der Waals surface area contributed by atoms with E-state index in [0.717, 1.165) is 0 Å². The van der Waals surface area contributed by atoms with Gasteiger partial charge in [0.15, 0.2) is 0 Å². The molecule has 76 valence electrons. The second-order valence-electron chi connectivity index (χ2n) is 2.33. The lowest BCUT2D eigenvalue weighted by molar-refractivity contribution is 0.484. The van der Waals surface area contributed by atoms with Gasteiger partial charge in [0, 0.05) is 32.1 Å². The van der Waals surface area contributed by atoms with Gasteiger partial charge in [0.25, 0.3) is 0 Å². The van der Waals surface area contributed by atoms with Crippen molar-refractivity contribution in [2.75, 3.05) is 11.4 Å². The second-order valence-corrected chi connectivity index (χ2v) is 3.13. The zero-order valence-electron chi connectivity index (χ0n) is 22.8. The first-order valence-electron chi connectivity index (χ1n) is 11.6. The van der Waals surface area contributed by atoms with Crippen LogP contribution < -0.4 is 4.90 Å². The number of hydrogen-bond acceptors (Lipinski definition) is 1. The van der Waals surface area contributed by atoms with Gasteiger partial charge >= 0.3 is 0 Å². The monoisotopic (exact) mass is 269 g/mol. The Hall–Kier alpha value is -0.500. The third-order valence-corrected chi connectivity index (χ3v) is 2.06. The van der Waals surface area contributed by atoms with Crippen LogP contribution in [-0.4, -0.2) is 12.5 Å². The Kier molecular flexibility index (Phi) is 0.704. The Morgan fingerprint density at radius 2 is 2.50 bits per heavy atom. The van der Waals surface area contributed by atoms with Crippen LogP contribution in [0.1, 0.15) is 47.9 Å². The molecule has 2 heteroatoms. The predicted octanol–water partition coefficient (Wildman–Crippen LogP) is 3.83. The molecule has 14 heavy (non-hydrogen) atoms. The van der Waals surface area contributed by atoms with Gasteiger partial charge in [0.05, 0.1) is 12.5 Å². The molecule has 1 aromatic rings. The van der Waals surface area contributed by atoms with Crippen LogP contribution in [0.25, 0.3) is 0 Å². The van der Waals surface area contributed by atoms with Crippen LogP contribution in [0.4, 0.5) is 5.69 Å². The summed E-state index contributed by atoms with van der Waals surface area (Å²) in [5.74, 6) is 0. The maximum absolute atomic E-state index is 8.51. The lowest BCUT2D eigenvalue weighted by Gasteiger charge is -2.36. The summed E-state index contributed by atoms with van der Waals surface area (Å²) < 4.78 is 127. The molecule has 0 saturated carbocycles. The van der Waals surface area contributed by atoms with Crippen LogP contribution in [0.5, 0.6) is 0 Å². The summed E-state index contributed by atoms with van der Waals surface area (Å²) in [4.78, 5) is -0.226. The molecule has 0 N–H and O–H groups in total. The van der Waals surface area contributed by atoms with E-state index in [1.54, 1.807) is 0 Å². The maximum atomic E-state index is 8.51. The van der Waals surface area contributed by atoms with Crippen LogP contribution in [0, 0.1) is 0 Å². The average molecular weight is 270 g/mol. The molecule has 1 aliphatic rings. The van der Waals surface area contributed by atoms with Gasteiger partial charge in [-0.25, -0.2) is 0 Å². The molecule has 1 aromatic carbocycles. The first kappa shape index (κ1) is 2.27. The van der Waals surface area contributed by atoms with Crippen molar-refractivity contribution in [3.8, 4) is 0 Å².